The van der Waals surface area contributed by atoms with Gasteiger partial charge in [-0.05, 0) is 52.8 Å². The van der Waals surface area contributed by atoms with Crippen LogP contribution < -0.4 is 10.2 Å². The maximum absolute atomic E-state index is 12.6. The van der Waals surface area contributed by atoms with Gasteiger partial charge >= 0.3 is 6.09 Å². The van der Waals surface area contributed by atoms with Crippen molar-refractivity contribution in [2.75, 3.05) is 36.4 Å². The van der Waals surface area contributed by atoms with Crippen molar-refractivity contribution in [2.45, 2.75) is 46.3 Å². The molecule has 0 bridgehead atoms. The zero-order valence-corrected chi connectivity index (χ0v) is 19.3. The van der Waals surface area contributed by atoms with Crippen LogP contribution in [-0.2, 0) is 4.74 Å². The number of carbonyl (C=O) groups is 1. The van der Waals surface area contributed by atoms with E-state index in [9.17, 15) is 4.79 Å². The zero-order valence-electron chi connectivity index (χ0n) is 18.5. The number of nitrogens with one attached hydrogen (secondary N) is 1. The lowest BCUT2D eigenvalue weighted by molar-refractivity contribution is 0.0293. The summed E-state index contributed by atoms with van der Waals surface area (Å²) in [5.41, 5.74) is 1.73. The Morgan fingerprint density at radius 1 is 1.32 bits per heavy atom. The predicted molar refractivity (Wildman–Crippen MR) is 123 cm³/mol. The first kappa shape index (κ1) is 21.5. The Kier molecular flexibility index (Phi) is 5.60. The number of amides is 1. The molecule has 1 aliphatic heterocycles. The van der Waals surface area contributed by atoms with E-state index in [1.807, 2.05) is 51.7 Å². The highest BCUT2D eigenvalue weighted by atomic mass is 35.5. The molecule has 3 aromatic rings. The monoisotopic (exact) mass is 445 g/mol. The Labute approximate surface area is 186 Å². The third kappa shape index (κ3) is 4.08. The number of aromatic nitrogens is 2. The predicted octanol–water partition coefficient (Wildman–Crippen LogP) is 4.91. The van der Waals surface area contributed by atoms with Gasteiger partial charge in [-0.1, -0.05) is 11.6 Å². The van der Waals surface area contributed by atoms with E-state index in [0.717, 1.165) is 5.39 Å². The summed E-state index contributed by atoms with van der Waals surface area (Å²) in [6.07, 6.45) is -0.491. The fraction of sp³-hybridized carbons (Fsp3) is 0.500. The third-order valence-corrected chi connectivity index (χ3v) is 5.59. The molecule has 1 N–H and O–H groups in total. The second-order valence-corrected chi connectivity index (χ2v) is 9.08. The number of rotatable bonds is 5. The molecule has 166 valence electrons. The van der Waals surface area contributed by atoms with Gasteiger partial charge in [0.05, 0.1) is 13.1 Å². The van der Waals surface area contributed by atoms with Crippen molar-refractivity contribution in [3.8, 4) is 0 Å². The molecule has 31 heavy (non-hydrogen) atoms. The summed E-state index contributed by atoms with van der Waals surface area (Å²) in [5, 5.41) is 4.65. The molecule has 0 spiro atoms. The number of halogens is 1. The first-order valence-electron chi connectivity index (χ1n) is 10.6. The van der Waals surface area contributed by atoms with E-state index in [2.05, 4.69) is 15.3 Å². The Morgan fingerprint density at radius 3 is 2.71 bits per heavy atom. The largest absolute Gasteiger partial charge is 0.450 e. The number of benzene rings is 1. The van der Waals surface area contributed by atoms with Crippen LogP contribution in [-0.4, -0.2) is 58.8 Å². The Bertz CT molecular complexity index is 1120. The first-order chi connectivity index (χ1) is 14.7. The zero-order chi connectivity index (χ0) is 22.3. The van der Waals surface area contributed by atoms with E-state index in [1.165, 1.54) is 0 Å². The van der Waals surface area contributed by atoms with Gasteiger partial charge in [0.25, 0.3) is 0 Å². The second-order valence-electron chi connectivity index (χ2n) is 8.65. The average Bonchev–Trinajstić information content (AvgIpc) is 3.01. The fourth-order valence-electron chi connectivity index (χ4n) is 3.82. The molecule has 1 fully saturated rings. The molecule has 8 nitrogen and oxygen atoms in total. The molecule has 1 saturated heterocycles. The number of nitrogens with zero attached hydrogens (tertiary/aromatic N) is 4. The third-order valence-electron chi connectivity index (χ3n) is 5.35. The quantitative estimate of drug-likeness (QED) is 0.597. The summed E-state index contributed by atoms with van der Waals surface area (Å²) >= 11 is 6.19. The SMILES string of the molecule is CCNc1nc(N2CC(OC(=O)N(CC)C(C)(C)C)C2)c2oc3ccc(Cl)cc3c2n1. The number of fused-ring (bicyclic) bond motifs is 3. The molecule has 9 heteroatoms. The summed E-state index contributed by atoms with van der Waals surface area (Å²) in [6, 6.07) is 5.47. The van der Waals surface area contributed by atoms with Crippen molar-refractivity contribution in [3.05, 3.63) is 23.2 Å². The van der Waals surface area contributed by atoms with Crippen molar-refractivity contribution < 1.29 is 13.9 Å². The topological polar surface area (TPSA) is 83.7 Å². The fourth-order valence-corrected chi connectivity index (χ4v) is 3.99. The minimum Gasteiger partial charge on any atom is -0.450 e. The molecule has 0 aliphatic carbocycles. The van der Waals surface area contributed by atoms with Gasteiger partial charge in [0.2, 0.25) is 5.95 Å². The van der Waals surface area contributed by atoms with Crippen LogP contribution >= 0.6 is 11.6 Å². The van der Waals surface area contributed by atoms with Crippen LogP contribution in [0.15, 0.2) is 22.6 Å². The van der Waals surface area contributed by atoms with Gasteiger partial charge in [0.1, 0.15) is 17.2 Å². The molecule has 0 unspecified atom stereocenters. The van der Waals surface area contributed by atoms with E-state index in [1.54, 1.807) is 11.0 Å². The van der Waals surface area contributed by atoms with E-state index in [4.69, 9.17) is 20.8 Å². The maximum Gasteiger partial charge on any atom is 0.410 e. The van der Waals surface area contributed by atoms with E-state index >= 15 is 0 Å². The van der Waals surface area contributed by atoms with Crippen molar-refractivity contribution in [3.63, 3.8) is 0 Å². The number of hydrogen-bond acceptors (Lipinski definition) is 7. The second kappa shape index (κ2) is 8.07. The standard InChI is InChI=1S/C22H28ClN5O3/c1-6-24-20-25-17-15-10-13(23)8-9-16(15)31-18(17)19(26-20)27-11-14(12-27)30-21(29)28(7-2)22(3,4)5/h8-10,14H,6-7,11-12H2,1-5H3,(H,24,25,26). The van der Waals surface area contributed by atoms with Crippen molar-refractivity contribution in [1.29, 1.82) is 0 Å². The van der Waals surface area contributed by atoms with Crippen LogP contribution in [0.25, 0.3) is 22.1 Å². The molecule has 4 rings (SSSR count). The molecule has 1 amide bonds. The highest BCUT2D eigenvalue weighted by Gasteiger charge is 2.36. The number of carbonyl (C=O) groups excluding carboxylic acids is 1. The minimum absolute atomic E-state index is 0.199. The summed E-state index contributed by atoms with van der Waals surface area (Å²) in [5.74, 6) is 1.21. The van der Waals surface area contributed by atoms with Crippen LogP contribution in [0.2, 0.25) is 5.02 Å². The molecule has 2 aromatic heterocycles. The van der Waals surface area contributed by atoms with Gasteiger partial charge < -0.3 is 24.3 Å². The maximum atomic E-state index is 12.6. The van der Waals surface area contributed by atoms with Crippen molar-refractivity contribution >= 4 is 51.5 Å². The van der Waals surface area contributed by atoms with Gasteiger partial charge in [0.15, 0.2) is 11.4 Å². The number of ether oxygens (including phenoxy) is 1. The number of anilines is 2. The van der Waals surface area contributed by atoms with Crippen molar-refractivity contribution in [1.82, 2.24) is 14.9 Å². The molecule has 0 atom stereocenters. The first-order valence-corrected chi connectivity index (χ1v) is 11.0. The van der Waals surface area contributed by atoms with Gasteiger partial charge in [-0.3, -0.25) is 0 Å². The van der Waals surface area contributed by atoms with Gasteiger partial charge in [-0.2, -0.15) is 4.98 Å². The smallest absolute Gasteiger partial charge is 0.410 e. The summed E-state index contributed by atoms with van der Waals surface area (Å²) < 4.78 is 11.8. The van der Waals surface area contributed by atoms with Crippen molar-refractivity contribution in [2.24, 2.45) is 0 Å². The van der Waals surface area contributed by atoms with Crippen LogP contribution in [0.1, 0.15) is 34.6 Å². The Morgan fingerprint density at radius 2 is 2.06 bits per heavy atom. The highest BCUT2D eigenvalue weighted by molar-refractivity contribution is 6.31. The molecule has 0 radical (unpaired) electrons. The summed E-state index contributed by atoms with van der Waals surface area (Å²) in [4.78, 5) is 25.6. The molecule has 1 aromatic carbocycles. The average molecular weight is 446 g/mol. The van der Waals surface area contributed by atoms with E-state index in [0.29, 0.717) is 59.7 Å². The van der Waals surface area contributed by atoms with Gasteiger partial charge in [0, 0.05) is 29.0 Å². The summed E-state index contributed by atoms with van der Waals surface area (Å²) in [7, 11) is 0. The molecule has 1 aliphatic rings. The van der Waals surface area contributed by atoms with Gasteiger partial charge in [-0.25, -0.2) is 9.78 Å². The van der Waals surface area contributed by atoms with Gasteiger partial charge in [-0.15, -0.1) is 0 Å². The summed E-state index contributed by atoms with van der Waals surface area (Å²) in [6.45, 7) is 12.3. The minimum atomic E-state index is -0.292. The lowest BCUT2D eigenvalue weighted by Gasteiger charge is -2.41. The Balaban J connectivity index is 1.59. The van der Waals surface area contributed by atoms with Crippen LogP contribution in [0.4, 0.5) is 16.6 Å². The van der Waals surface area contributed by atoms with E-state index in [-0.39, 0.29) is 17.7 Å². The van der Waals surface area contributed by atoms with Crippen LogP contribution in [0, 0.1) is 0 Å². The molecule has 0 saturated carbocycles. The molecular weight excluding hydrogens is 418 g/mol. The van der Waals surface area contributed by atoms with Crippen LogP contribution in [0.3, 0.4) is 0 Å². The van der Waals surface area contributed by atoms with Crippen LogP contribution in [0.5, 0.6) is 0 Å². The molecular formula is C22H28ClN5O3. The van der Waals surface area contributed by atoms with E-state index < -0.39 is 0 Å². The lowest BCUT2D eigenvalue weighted by atomic mass is 10.1. The normalized spacial score (nSPS) is 14.7. The highest BCUT2D eigenvalue weighted by Crippen LogP contribution is 2.36. The number of hydrogen-bond donors (Lipinski definition) is 1. The molecule has 3 heterocycles. The Hall–Kier alpha value is -2.74. The lowest BCUT2D eigenvalue weighted by Crippen LogP contribution is -2.56. The number of furan rings is 1.